The fraction of sp³-hybridized carbons (Fsp3) is 0.200. The lowest BCUT2D eigenvalue weighted by molar-refractivity contribution is -0.117. The molecule has 0 saturated heterocycles. The Balaban J connectivity index is 2.03. The van der Waals surface area contributed by atoms with Crippen molar-refractivity contribution in [3.8, 4) is 0 Å². The molecule has 0 aromatic carbocycles. The zero-order valence-electron chi connectivity index (χ0n) is 8.64. The first-order valence-corrected chi connectivity index (χ1v) is 5.58. The molecule has 0 aliphatic heterocycles. The Hall–Kier alpha value is -1.66. The molecule has 1 unspecified atom stereocenters. The third-order valence-electron chi connectivity index (χ3n) is 2.01. The van der Waals surface area contributed by atoms with E-state index in [2.05, 4.69) is 10.5 Å². The Morgan fingerprint density at radius 1 is 1.69 bits per heavy atom. The van der Waals surface area contributed by atoms with Gasteiger partial charge >= 0.3 is 0 Å². The molecule has 5 nitrogen and oxygen atoms in total. The van der Waals surface area contributed by atoms with Crippen molar-refractivity contribution < 1.29 is 9.32 Å². The average molecular weight is 237 g/mol. The van der Waals surface area contributed by atoms with Gasteiger partial charge in [0.05, 0.1) is 5.69 Å². The number of aromatic nitrogens is 1. The number of carbonyl (C=O) groups is 1. The van der Waals surface area contributed by atoms with Gasteiger partial charge in [0.15, 0.2) is 0 Å². The van der Waals surface area contributed by atoms with E-state index >= 15 is 0 Å². The summed E-state index contributed by atoms with van der Waals surface area (Å²) in [6.45, 7) is 1.78. The van der Waals surface area contributed by atoms with Crippen LogP contribution < -0.4 is 11.1 Å². The van der Waals surface area contributed by atoms with Crippen molar-refractivity contribution in [2.75, 3.05) is 5.32 Å². The quantitative estimate of drug-likeness (QED) is 0.851. The molecule has 2 rings (SSSR count). The van der Waals surface area contributed by atoms with Crippen LogP contribution >= 0.6 is 11.3 Å². The maximum Gasteiger partial charge on any atom is 0.249 e. The number of hydrogen-bond acceptors (Lipinski definition) is 5. The van der Waals surface area contributed by atoms with Gasteiger partial charge in [-0.1, -0.05) is 11.2 Å². The second-order valence-electron chi connectivity index (χ2n) is 3.31. The van der Waals surface area contributed by atoms with Crippen LogP contribution in [0.5, 0.6) is 0 Å². The Morgan fingerprint density at radius 2 is 2.50 bits per heavy atom. The molecule has 2 aromatic heterocycles. The number of thiophene rings is 1. The summed E-state index contributed by atoms with van der Waals surface area (Å²) < 4.78 is 4.87. The zero-order valence-corrected chi connectivity index (χ0v) is 9.45. The number of anilines is 1. The molecule has 1 amide bonds. The van der Waals surface area contributed by atoms with Crippen molar-refractivity contribution in [3.05, 3.63) is 34.2 Å². The van der Waals surface area contributed by atoms with Gasteiger partial charge < -0.3 is 10.3 Å². The van der Waals surface area contributed by atoms with Crippen molar-refractivity contribution in [2.24, 2.45) is 5.73 Å². The van der Waals surface area contributed by atoms with E-state index < -0.39 is 6.04 Å². The summed E-state index contributed by atoms with van der Waals surface area (Å²) in [5, 5.41) is 8.10. The number of nitrogens with zero attached hydrogens (tertiary/aromatic N) is 1. The standard InChI is InChI=1S/C10H11N3O2S/c1-6-5-8(15-13-6)12-10(14)9(11)7-3-2-4-16-7/h2-5,9H,11H2,1H3,(H,12,14). The Kier molecular flexibility index (Phi) is 3.02. The summed E-state index contributed by atoms with van der Waals surface area (Å²) >= 11 is 1.44. The monoisotopic (exact) mass is 237 g/mol. The van der Waals surface area contributed by atoms with Crippen molar-refractivity contribution in [1.82, 2.24) is 5.16 Å². The van der Waals surface area contributed by atoms with Gasteiger partial charge in [-0.25, -0.2) is 0 Å². The molecule has 0 bridgehead atoms. The van der Waals surface area contributed by atoms with Gasteiger partial charge in [0, 0.05) is 10.9 Å². The number of hydrogen-bond donors (Lipinski definition) is 2. The van der Waals surface area contributed by atoms with Crippen LogP contribution in [0.25, 0.3) is 0 Å². The zero-order chi connectivity index (χ0) is 11.5. The van der Waals surface area contributed by atoms with Gasteiger partial charge in [0.25, 0.3) is 0 Å². The first kappa shape index (κ1) is 10.8. The molecule has 84 valence electrons. The van der Waals surface area contributed by atoms with Gasteiger partial charge in [-0.3, -0.25) is 10.1 Å². The van der Waals surface area contributed by atoms with Gasteiger partial charge in [0.1, 0.15) is 6.04 Å². The molecule has 16 heavy (non-hydrogen) atoms. The molecule has 2 heterocycles. The molecule has 6 heteroatoms. The first-order chi connectivity index (χ1) is 7.66. The van der Waals surface area contributed by atoms with Gasteiger partial charge in [-0.05, 0) is 18.4 Å². The maximum atomic E-state index is 11.7. The summed E-state index contributed by atoms with van der Waals surface area (Å²) in [5.41, 5.74) is 6.48. The van der Waals surface area contributed by atoms with Crippen LogP contribution in [0.3, 0.4) is 0 Å². The van der Waals surface area contributed by atoms with Crippen LogP contribution in [0.1, 0.15) is 16.6 Å². The normalized spacial score (nSPS) is 12.4. The summed E-state index contributed by atoms with van der Waals surface area (Å²) in [6.07, 6.45) is 0. The van der Waals surface area contributed by atoms with Crippen molar-refractivity contribution >= 4 is 23.1 Å². The molecule has 0 aliphatic rings. The number of nitrogens with two attached hydrogens (primary N) is 1. The molecule has 2 aromatic rings. The first-order valence-electron chi connectivity index (χ1n) is 4.70. The summed E-state index contributed by atoms with van der Waals surface area (Å²) in [7, 11) is 0. The summed E-state index contributed by atoms with van der Waals surface area (Å²) in [5.74, 6) is 0.00751. The number of nitrogens with one attached hydrogen (secondary N) is 1. The highest BCUT2D eigenvalue weighted by atomic mass is 32.1. The molecule has 0 fully saturated rings. The van der Waals surface area contributed by atoms with Crippen LogP contribution in [0.4, 0.5) is 5.88 Å². The fourth-order valence-electron chi connectivity index (χ4n) is 1.22. The van der Waals surface area contributed by atoms with E-state index in [0.29, 0.717) is 11.6 Å². The molecule has 3 N–H and O–H groups in total. The fourth-order valence-corrected chi connectivity index (χ4v) is 1.94. The number of amides is 1. The predicted octanol–water partition coefficient (Wildman–Crippen LogP) is 1.68. The minimum Gasteiger partial charge on any atom is -0.338 e. The van der Waals surface area contributed by atoms with Crippen LogP contribution in [0, 0.1) is 6.92 Å². The lowest BCUT2D eigenvalue weighted by Gasteiger charge is -2.07. The molecule has 0 spiro atoms. The Bertz CT molecular complexity index is 478. The van der Waals surface area contributed by atoms with E-state index in [1.54, 1.807) is 13.0 Å². The van der Waals surface area contributed by atoms with Gasteiger partial charge in [-0.15, -0.1) is 11.3 Å². The third kappa shape index (κ3) is 2.29. The molecule has 1 atom stereocenters. The van der Waals surface area contributed by atoms with Crippen LogP contribution in [-0.2, 0) is 4.79 Å². The topological polar surface area (TPSA) is 81.2 Å². The summed E-state index contributed by atoms with van der Waals surface area (Å²) in [6, 6.07) is 4.64. The Morgan fingerprint density at radius 3 is 3.06 bits per heavy atom. The molecule has 0 radical (unpaired) electrons. The van der Waals surface area contributed by atoms with Crippen LogP contribution in [0.2, 0.25) is 0 Å². The van der Waals surface area contributed by atoms with E-state index in [-0.39, 0.29) is 5.91 Å². The van der Waals surface area contributed by atoms with E-state index in [1.807, 2.05) is 17.5 Å². The average Bonchev–Trinajstić information content (AvgIpc) is 2.88. The lowest BCUT2D eigenvalue weighted by atomic mass is 10.2. The van der Waals surface area contributed by atoms with Gasteiger partial charge in [-0.2, -0.15) is 0 Å². The van der Waals surface area contributed by atoms with Crippen LogP contribution in [0.15, 0.2) is 28.1 Å². The van der Waals surface area contributed by atoms with Crippen molar-refractivity contribution in [2.45, 2.75) is 13.0 Å². The maximum absolute atomic E-state index is 11.7. The largest absolute Gasteiger partial charge is 0.338 e. The highest BCUT2D eigenvalue weighted by Crippen LogP contribution is 2.18. The smallest absolute Gasteiger partial charge is 0.249 e. The molecular weight excluding hydrogens is 226 g/mol. The Labute approximate surface area is 96.2 Å². The predicted molar refractivity (Wildman–Crippen MR) is 61.1 cm³/mol. The van der Waals surface area contributed by atoms with E-state index in [4.69, 9.17) is 10.3 Å². The van der Waals surface area contributed by atoms with Crippen molar-refractivity contribution in [1.29, 1.82) is 0 Å². The number of carbonyl (C=O) groups excluding carboxylic acids is 1. The van der Waals surface area contributed by atoms with E-state index in [0.717, 1.165) is 4.88 Å². The van der Waals surface area contributed by atoms with Gasteiger partial charge in [0.2, 0.25) is 11.8 Å². The molecular formula is C10H11N3O2S. The molecule has 0 aliphatic carbocycles. The second kappa shape index (κ2) is 4.46. The lowest BCUT2D eigenvalue weighted by Crippen LogP contribution is -2.26. The second-order valence-corrected chi connectivity index (χ2v) is 4.29. The third-order valence-corrected chi connectivity index (χ3v) is 2.96. The minimum absolute atomic E-state index is 0.307. The number of aryl methyl sites for hydroxylation is 1. The molecule has 0 saturated carbocycles. The van der Waals surface area contributed by atoms with Crippen LogP contribution in [-0.4, -0.2) is 11.1 Å². The number of rotatable bonds is 3. The van der Waals surface area contributed by atoms with Crippen molar-refractivity contribution in [3.63, 3.8) is 0 Å². The minimum atomic E-state index is -0.676. The highest BCUT2D eigenvalue weighted by Gasteiger charge is 2.18. The highest BCUT2D eigenvalue weighted by molar-refractivity contribution is 7.10. The van der Waals surface area contributed by atoms with E-state index in [9.17, 15) is 4.79 Å². The summed E-state index contributed by atoms with van der Waals surface area (Å²) in [4.78, 5) is 12.5. The SMILES string of the molecule is Cc1cc(NC(=O)C(N)c2cccs2)on1. The van der Waals surface area contributed by atoms with E-state index in [1.165, 1.54) is 11.3 Å².